The molecule has 1 aromatic heterocycles. The number of furan rings is 1. The van der Waals surface area contributed by atoms with Crippen molar-refractivity contribution in [3.63, 3.8) is 0 Å². The van der Waals surface area contributed by atoms with Gasteiger partial charge in [-0.2, -0.15) is 0 Å². The summed E-state index contributed by atoms with van der Waals surface area (Å²) >= 11 is 0. The standard InChI is InChI=1S/C13H21N3O2/c1-10-8-16(5-4-12(10)14)9-13(17)15-7-11-3-2-6-18-11/h2-3,6,10,12H,4-5,7-9,14H2,1H3,(H,15,17). The number of carbonyl (C=O) groups excluding carboxylic acids is 1. The molecule has 5 nitrogen and oxygen atoms in total. The van der Waals surface area contributed by atoms with Crippen LogP contribution in [0.3, 0.4) is 0 Å². The average molecular weight is 251 g/mol. The second-order valence-electron chi connectivity index (χ2n) is 5.02. The lowest BCUT2D eigenvalue weighted by Gasteiger charge is -2.34. The van der Waals surface area contributed by atoms with Crippen LogP contribution in [0.5, 0.6) is 0 Å². The topological polar surface area (TPSA) is 71.5 Å². The monoisotopic (exact) mass is 251 g/mol. The molecular weight excluding hydrogens is 230 g/mol. The Balaban J connectivity index is 1.71. The number of nitrogens with zero attached hydrogens (tertiary/aromatic N) is 1. The van der Waals surface area contributed by atoms with E-state index in [1.54, 1.807) is 6.26 Å². The van der Waals surface area contributed by atoms with Crippen molar-refractivity contribution in [1.29, 1.82) is 0 Å². The zero-order valence-electron chi connectivity index (χ0n) is 10.8. The third kappa shape index (κ3) is 3.58. The summed E-state index contributed by atoms with van der Waals surface area (Å²) in [7, 11) is 0. The number of nitrogens with two attached hydrogens (primary N) is 1. The first-order chi connectivity index (χ1) is 8.65. The molecule has 2 heterocycles. The molecule has 3 N–H and O–H groups in total. The van der Waals surface area contributed by atoms with Crippen LogP contribution in [0.15, 0.2) is 22.8 Å². The number of nitrogens with one attached hydrogen (secondary N) is 1. The van der Waals surface area contributed by atoms with Crippen LogP contribution in [0.1, 0.15) is 19.1 Å². The summed E-state index contributed by atoms with van der Waals surface area (Å²) in [4.78, 5) is 13.9. The summed E-state index contributed by atoms with van der Waals surface area (Å²) in [6.45, 7) is 4.83. The normalized spacial score (nSPS) is 25.0. The third-order valence-electron chi connectivity index (χ3n) is 3.46. The van der Waals surface area contributed by atoms with Gasteiger partial charge in [0, 0.05) is 19.1 Å². The lowest BCUT2D eigenvalue weighted by molar-refractivity contribution is -0.122. The molecule has 0 radical (unpaired) electrons. The molecular formula is C13H21N3O2. The maximum atomic E-state index is 11.8. The summed E-state index contributed by atoms with van der Waals surface area (Å²) in [5, 5.41) is 2.85. The van der Waals surface area contributed by atoms with E-state index in [9.17, 15) is 4.79 Å². The lowest BCUT2D eigenvalue weighted by Crippen LogP contribution is -2.48. The minimum atomic E-state index is 0.0362. The fourth-order valence-electron chi connectivity index (χ4n) is 2.25. The second kappa shape index (κ2) is 6.02. The molecule has 100 valence electrons. The van der Waals surface area contributed by atoms with Crippen LogP contribution >= 0.6 is 0 Å². The Morgan fingerprint density at radius 3 is 3.17 bits per heavy atom. The highest BCUT2D eigenvalue weighted by molar-refractivity contribution is 5.77. The Bertz CT molecular complexity index is 378. The summed E-state index contributed by atoms with van der Waals surface area (Å²) < 4.78 is 5.16. The molecule has 1 aliphatic heterocycles. The van der Waals surface area contributed by atoms with Crippen molar-refractivity contribution in [2.75, 3.05) is 19.6 Å². The SMILES string of the molecule is CC1CN(CC(=O)NCc2ccco2)CCC1N. The number of likely N-dealkylation sites (tertiary alicyclic amines) is 1. The zero-order chi connectivity index (χ0) is 13.0. The Kier molecular flexibility index (Phi) is 4.38. The Hall–Kier alpha value is -1.33. The maximum absolute atomic E-state index is 11.8. The molecule has 0 saturated carbocycles. The average Bonchev–Trinajstić information content (AvgIpc) is 2.84. The van der Waals surface area contributed by atoms with E-state index in [2.05, 4.69) is 17.1 Å². The molecule has 1 aliphatic rings. The van der Waals surface area contributed by atoms with Crippen molar-refractivity contribution in [3.8, 4) is 0 Å². The van der Waals surface area contributed by atoms with Crippen molar-refractivity contribution >= 4 is 5.91 Å². The first kappa shape index (κ1) is 13.1. The molecule has 2 atom stereocenters. The van der Waals surface area contributed by atoms with Gasteiger partial charge in [-0.3, -0.25) is 9.69 Å². The number of hydrogen-bond acceptors (Lipinski definition) is 4. The van der Waals surface area contributed by atoms with Gasteiger partial charge in [0.1, 0.15) is 5.76 Å². The molecule has 1 aromatic rings. The number of piperidine rings is 1. The number of amides is 1. The van der Waals surface area contributed by atoms with Crippen molar-refractivity contribution in [2.45, 2.75) is 25.9 Å². The molecule has 18 heavy (non-hydrogen) atoms. The molecule has 5 heteroatoms. The van der Waals surface area contributed by atoms with Crippen LogP contribution in [-0.2, 0) is 11.3 Å². The fourth-order valence-corrected chi connectivity index (χ4v) is 2.25. The number of hydrogen-bond donors (Lipinski definition) is 2. The molecule has 0 aliphatic carbocycles. The number of rotatable bonds is 4. The van der Waals surface area contributed by atoms with Crippen LogP contribution in [0, 0.1) is 5.92 Å². The molecule has 0 aromatic carbocycles. The minimum Gasteiger partial charge on any atom is -0.467 e. The molecule has 2 unspecified atom stereocenters. The van der Waals surface area contributed by atoms with Gasteiger partial charge in [0.2, 0.25) is 5.91 Å². The van der Waals surface area contributed by atoms with Gasteiger partial charge in [-0.15, -0.1) is 0 Å². The summed E-state index contributed by atoms with van der Waals surface area (Å²) in [5.74, 6) is 1.27. The summed E-state index contributed by atoms with van der Waals surface area (Å²) in [6, 6.07) is 3.93. The maximum Gasteiger partial charge on any atom is 0.234 e. The highest BCUT2D eigenvalue weighted by Crippen LogP contribution is 2.14. The molecule has 0 spiro atoms. The molecule has 1 fully saturated rings. The molecule has 1 saturated heterocycles. The van der Waals surface area contributed by atoms with E-state index in [0.29, 0.717) is 19.0 Å². The van der Waals surface area contributed by atoms with Crippen molar-refractivity contribution in [2.24, 2.45) is 11.7 Å². The Labute approximate surface area is 107 Å². The second-order valence-corrected chi connectivity index (χ2v) is 5.02. The van der Waals surface area contributed by atoms with Gasteiger partial charge in [-0.05, 0) is 24.5 Å². The highest BCUT2D eigenvalue weighted by atomic mass is 16.3. The predicted octanol–water partition coefficient (Wildman–Crippen LogP) is 0.565. The predicted molar refractivity (Wildman–Crippen MR) is 68.8 cm³/mol. The quantitative estimate of drug-likeness (QED) is 0.820. The molecule has 1 amide bonds. The first-order valence-electron chi connectivity index (χ1n) is 6.42. The van der Waals surface area contributed by atoms with E-state index in [1.807, 2.05) is 12.1 Å². The Morgan fingerprint density at radius 2 is 2.50 bits per heavy atom. The van der Waals surface area contributed by atoms with Crippen LogP contribution in [0.25, 0.3) is 0 Å². The highest BCUT2D eigenvalue weighted by Gasteiger charge is 2.24. The van der Waals surface area contributed by atoms with Gasteiger partial charge in [0.15, 0.2) is 0 Å². The lowest BCUT2D eigenvalue weighted by atomic mass is 9.95. The van der Waals surface area contributed by atoms with E-state index < -0.39 is 0 Å². The van der Waals surface area contributed by atoms with Crippen molar-refractivity contribution in [3.05, 3.63) is 24.2 Å². The van der Waals surface area contributed by atoms with Gasteiger partial charge in [0.25, 0.3) is 0 Å². The van der Waals surface area contributed by atoms with Gasteiger partial charge in [-0.25, -0.2) is 0 Å². The smallest absolute Gasteiger partial charge is 0.234 e. The Morgan fingerprint density at radius 1 is 1.67 bits per heavy atom. The van der Waals surface area contributed by atoms with E-state index >= 15 is 0 Å². The fraction of sp³-hybridized carbons (Fsp3) is 0.615. The zero-order valence-corrected chi connectivity index (χ0v) is 10.8. The van der Waals surface area contributed by atoms with Crippen LogP contribution in [-0.4, -0.2) is 36.5 Å². The van der Waals surface area contributed by atoms with Gasteiger partial charge < -0.3 is 15.5 Å². The van der Waals surface area contributed by atoms with Gasteiger partial charge in [-0.1, -0.05) is 6.92 Å². The van der Waals surface area contributed by atoms with E-state index in [1.165, 1.54) is 0 Å². The third-order valence-corrected chi connectivity index (χ3v) is 3.46. The van der Waals surface area contributed by atoms with Crippen molar-refractivity contribution in [1.82, 2.24) is 10.2 Å². The number of carbonyl (C=O) groups is 1. The van der Waals surface area contributed by atoms with Crippen LogP contribution in [0.4, 0.5) is 0 Å². The van der Waals surface area contributed by atoms with Gasteiger partial charge >= 0.3 is 0 Å². The largest absolute Gasteiger partial charge is 0.467 e. The van der Waals surface area contributed by atoms with Crippen LogP contribution < -0.4 is 11.1 Å². The van der Waals surface area contributed by atoms with E-state index in [4.69, 9.17) is 10.2 Å². The van der Waals surface area contributed by atoms with Crippen LogP contribution in [0.2, 0.25) is 0 Å². The minimum absolute atomic E-state index is 0.0362. The summed E-state index contributed by atoms with van der Waals surface area (Å²) in [6.07, 6.45) is 2.57. The van der Waals surface area contributed by atoms with E-state index in [0.717, 1.165) is 25.3 Å². The van der Waals surface area contributed by atoms with E-state index in [-0.39, 0.29) is 11.9 Å². The summed E-state index contributed by atoms with van der Waals surface area (Å²) in [5.41, 5.74) is 5.95. The van der Waals surface area contributed by atoms with Crippen molar-refractivity contribution < 1.29 is 9.21 Å². The first-order valence-corrected chi connectivity index (χ1v) is 6.42. The van der Waals surface area contributed by atoms with Gasteiger partial charge in [0.05, 0.1) is 19.4 Å². The molecule has 2 rings (SSSR count). The molecule has 0 bridgehead atoms.